The van der Waals surface area contributed by atoms with Crippen molar-refractivity contribution in [3.63, 3.8) is 0 Å². The Morgan fingerprint density at radius 1 is 1.33 bits per heavy atom. The molecule has 0 aromatic rings. The van der Waals surface area contributed by atoms with Crippen LogP contribution in [-0.4, -0.2) is 43.8 Å². The third kappa shape index (κ3) is 4.40. The predicted octanol–water partition coefficient (Wildman–Crippen LogP) is 1.33. The summed E-state index contributed by atoms with van der Waals surface area (Å²) in [5.74, 6) is 1.37. The van der Waals surface area contributed by atoms with Crippen LogP contribution in [0.15, 0.2) is 0 Å². The van der Waals surface area contributed by atoms with Crippen molar-refractivity contribution in [2.45, 2.75) is 56.4 Å². The van der Waals surface area contributed by atoms with E-state index in [0.29, 0.717) is 5.25 Å². The van der Waals surface area contributed by atoms with Gasteiger partial charge in [0.2, 0.25) is 10.0 Å². The van der Waals surface area contributed by atoms with Crippen LogP contribution in [0.2, 0.25) is 0 Å². The molecule has 0 bridgehead atoms. The van der Waals surface area contributed by atoms with Gasteiger partial charge in [0.15, 0.2) is 0 Å². The van der Waals surface area contributed by atoms with Crippen molar-refractivity contribution in [2.24, 2.45) is 0 Å². The summed E-state index contributed by atoms with van der Waals surface area (Å²) in [6, 6.07) is 0.324. The maximum atomic E-state index is 12.0. The monoisotopic (exact) mass is 292 g/mol. The van der Waals surface area contributed by atoms with Crippen LogP contribution < -0.4 is 10.0 Å². The second kappa shape index (κ2) is 6.59. The quantitative estimate of drug-likeness (QED) is 0.775. The van der Waals surface area contributed by atoms with Gasteiger partial charge in [-0.2, -0.15) is 11.8 Å². The van der Waals surface area contributed by atoms with Crippen LogP contribution in [0, 0.1) is 0 Å². The molecule has 106 valence electrons. The lowest BCUT2D eigenvalue weighted by Gasteiger charge is -2.16. The molecular formula is C12H24N2O2S2. The zero-order valence-corrected chi connectivity index (χ0v) is 12.7. The van der Waals surface area contributed by atoms with Crippen molar-refractivity contribution in [2.75, 3.05) is 18.1 Å². The first-order valence-electron chi connectivity index (χ1n) is 6.94. The van der Waals surface area contributed by atoms with Crippen molar-refractivity contribution < 1.29 is 8.42 Å². The minimum atomic E-state index is -3.11. The van der Waals surface area contributed by atoms with E-state index in [0.717, 1.165) is 44.4 Å². The molecule has 1 saturated carbocycles. The summed E-state index contributed by atoms with van der Waals surface area (Å²) in [5, 5.41) is 3.89. The van der Waals surface area contributed by atoms with Gasteiger partial charge in [-0.25, -0.2) is 13.1 Å². The first kappa shape index (κ1) is 14.6. The van der Waals surface area contributed by atoms with Gasteiger partial charge in [0.25, 0.3) is 0 Å². The first-order valence-corrected chi connectivity index (χ1v) is 9.64. The van der Waals surface area contributed by atoms with E-state index in [9.17, 15) is 8.42 Å². The Morgan fingerprint density at radius 2 is 2.17 bits per heavy atom. The molecular weight excluding hydrogens is 268 g/mol. The van der Waals surface area contributed by atoms with Gasteiger partial charge in [-0.15, -0.1) is 0 Å². The molecule has 4 nitrogen and oxygen atoms in total. The van der Waals surface area contributed by atoms with E-state index >= 15 is 0 Å². The number of hydrogen-bond acceptors (Lipinski definition) is 4. The number of thioether (sulfide) groups is 1. The van der Waals surface area contributed by atoms with Gasteiger partial charge in [-0.3, -0.25) is 0 Å². The topological polar surface area (TPSA) is 58.2 Å². The van der Waals surface area contributed by atoms with E-state index in [1.165, 1.54) is 0 Å². The number of hydrogen-bond donors (Lipinski definition) is 2. The lowest BCUT2D eigenvalue weighted by atomic mass is 10.3. The van der Waals surface area contributed by atoms with Crippen molar-refractivity contribution >= 4 is 21.8 Å². The second-order valence-corrected chi connectivity index (χ2v) is 8.66. The molecule has 1 aliphatic heterocycles. The molecule has 1 heterocycles. The number of sulfonamides is 1. The lowest BCUT2D eigenvalue weighted by Crippen LogP contribution is -2.40. The Labute approximate surface area is 115 Å². The summed E-state index contributed by atoms with van der Waals surface area (Å²) in [6.07, 6.45) is 5.22. The standard InChI is InChI=1S/C12H24N2O2S2/c1-2-17-12-6-5-10(8-12)14-18(15,16)9-11-4-3-7-13-11/h10-14H,2-9H2,1H3. The average Bonchev–Trinajstić information content (AvgIpc) is 2.90. The Morgan fingerprint density at radius 3 is 2.83 bits per heavy atom. The summed E-state index contributed by atoms with van der Waals surface area (Å²) < 4.78 is 27.0. The predicted molar refractivity (Wildman–Crippen MR) is 77.5 cm³/mol. The fourth-order valence-electron chi connectivity index (χ4n) is 2.90. The Kier molecular flexibility index (Phi) is 5.35. The van der Waals surface area contributed by atoms with Crippen LogP contribution in [0.4, 0.5) is 0 Å². The van der Waals surface area contributed by atoms with Gasteiger partial charge in [-0.1, -0.05) is 6.92 Å². The Balaban J connectivity index is 1.77. The summed E-state index contributed by atoms with van der Waals surface area (Å²) in [5.41, 5.74) is 0. The highest BCUT2D eigenvalue weighted by molar-refractivity contribution is 7.99. The van der Waals surface area contributed by atoms with Crippen LogP contribution in [0.5, 0.6) is 0 Å². The molecule has 0 aromatic heterocycles. The van der Waals surface area contributed by atoms with Crippen molar-refractivity contribution in [3.8, 4) is 0 Å². The van der Waals surface area contributed by atoms with E-state index in [1.54, 1.807) is 0 Å². The molecule has 2 rings (SSSR count). The van der Waals surface area contributed by atoms with Gasteiger partial charge in [0, 0.05) is 17.3 Å². The molecule has 18 heavy (non-hydrogen) atoms. The lowest BCUT2D eigenvalue weighted by molar-refractivity contribution is 0.539. The van der Waals surface area contributed by atoms with E-state index in [4.69, 9.17) is 0 Å². The first-order chi connectivity index (χ1) is 8.59. The van der Waals surface area contributed by atoms with Gasteiger partial charge < -0.3 is 5.32 Å². The minimum Gasteiger partial charge on any atom is -0.313 e. The van der Waals surface area contributed by atoms with Crippen LogP contribution in [0.3, 0.4) is 0 Å². The number of rotatable bonds is 6. The van der Waals surface area contributed by atoms with E-state index < -0.39 is 10.0 Å². The second-order valence-electron chi connectivity index (χ2n) is 5.28. The van der Waals surface area contributed by atoms with Gasteiger partial charge in [0.1, 0.15) is 0 Å². The zero-order chi connectivity index (χ0) is 13.0. The van der Waals surface area contributed by atoms with Gasteiger partial charge >= 0.3 is 0 Å². The number of nitrogens with one attached hydrogen (secondary N) is 2. The highest BCUT2D eigenvalue weighted by Gasteiger charge is 2.29. The maximum absolute atomic E-state index is 12.0. The smallest absolute Gasteiger partial charge is 0.213 e. The van der Waals surface area contributed by atoms with Crippen LogP contribution in [-0.2, 0) is 10.0 Å². The molecule has 3 unspecified atom stereocenters. The Hall–Kier alpha value is 0.220. The van der Waals surface area contributed by atoms with E-state index in [2.05, 4.69) is 17.0 Å². The van der Waals surface area contributed by atoms with E-state index in [-0.39, 0.29) is 17.8 Å². The molecule has 0 aromatic carbocycles. The van der Waals surface area contributed by atoms with Gasteiger partial charge in [-0.05, 0) is 44.4 Å². The SMILES string of the molecule is CCSC1CCC(NS(=O)(=O)CC2CCCN2)C1. The van der Waals surface area contributed by atoms with Crippen molar-refractivity contribution in [1.82, 2.24) is 10.0 Å². The molecule has 1 saturated heterocycles. The fourth-order valence-corrected chi connectivity index (χ4v) is 5.68. The third-order valence-electron chi connectivity index (χ3n) is 3.72. The van der Waals surface area contributed by atoms with E-state index in [1.807, 2.05) is 11.8 Å². The molecule has 2 N–H and O–H groups in total. The van der Waals surface area contributed by atoms with Crippen LogP contribution >= 0.6 is 11.8 Å². The van der Waals surface area contributed by atoms with Crippen LogP contribution in [0.25, 0.3) is 0 Å². The molecule has 0 spiro atoms. The highest BCUT2D eigenvalue weighted by Crippen LogP contribution is 2.30. The normalized spacial score (nSPS) is 33.1. The molecule has 0 amide bonds. The molecule has 2 aliphatic rings. The van der Waals surface area contributed by atoms with Crippen LogP contribution in [0.1, 0.15) is 39.0 Å². The maximum Gasteiger partial charge on any atom is 0.213 e. The van der Waals surface area contributed by atoms with Crippen molar-refractivity contribution in [3.05, 3.63) is 0 Å². The highest BCUT2D eigenvalue weighted by atomic mass is 32.2. The average molecular weight is 292 g/mol. The summed E-state index contributed by atoms with van der Waals surface area (Å²) >= 11 is 1.95. The molecule has 2 fully saturated rings. The Bertz CT molecular complexity index is 353. The summed E-state index contributed by atoms with van der Waals surface area (Å²) in [4.78, 5) is 0. The molecule has 3 atom stereocenters. The third-order valence-corrected chi connectivity index (χ3v) is 6.48. The largest absolute Gasteiger partial charge is 0.313 e. The molecule has 1 aliphatic carbocycles. The summed E-state index contributed by atoms with van der Waals surface area (Å²) in [6.45, 7) is 3.12. The zero-order valence-electron chi connectivity index (χ0n) is 11.0. The fraction of sp³-hybridized carbons (Fsp3) is 1.00. The molecule has 6 heteroatoms. The molecule has 0 radical (unpaired) electrons. The van der Waals surface area contributed by atoms with Crippen molar-refractivity contribution in [1.29, 1.82) is 0 Å². The minimum absolute atomic E-state index is 0.157. The summed E-state index contributed by atoms with van der Waals surface area (Å²) in [7, 11) is -3.11. The van der Waals surface area contributed by atoms with Gasteiger partial charge in [0.05, 0.1) is 5.75 Å².